The van der Waals surface area contributed by atoms with E-state index in [0.29, 0.717) is 39.3 Å². The molecule has 0 radical (unpaired) electrons. The van der Waals surface area contributed by atoms with Crippen LogP contribution in [-0.4, -0.2) is 62.7 Å². The number of amides is 1. The lowest BCUT2D eigenvalue weighted by molar-refractivity contribution is -0.119. The number of hydrogen-bond donors (Lipinski definition) is 3. The van der Waals surface area contributed by atoms with Crippen LogP contribution in [0.5, 0.6) is 0 Å². The molecule has 0 saturated carbocycles. The molecule has 1 aliphatic rings. The SMILES string of the molecule is CCOCCOCC(O)CNC1CNC(=O)C1. The molecular weight excluding hydrogens is 224 g/mol. The maximum absolute atomic E-state index is 10.9. The molecule has 2 atom stereocenters. The third-order valence-corrected chi connectivity index (χ3v) is 2.51. The molecule has 2 unspecified atom stereocenters. The minimum atomic E-state index is -0.549. The molecule has 100 valence electrons. The van der Waals surface area contributed by atoms with Gasteiger partial charge in [-0.2, -0.15) is 0 Å². The molecule has 1 amide bonds. The summed E-state index contributed by atoms with van der Waals surface area (Å²) in [6.45, 7) is 5.01. The zero-order valence-electron chi connectivity index (χ0n) is 10.3. The van der Waals surface area contributed by atoms with E-state index in [9.17, 15) is 9.90 Å². The van der Waals surface area contributed by atoms with Crippen LogP contribution in [0.3, 0.4) is 0 Å². The number of nitrogens with one attached hydrogen (secondary N) is 2. The van der Waals surface area contributed by atoms with Crippen molar-refractivity contribution in [2.24, 2.45) is 0 Å². The van der Waals surface area contributed by atoms with Crippen molar-refractivity contribution in [3.05, 3.63) is 0 Å². The predicted molar refractivity (Wildman–Crippen MR) is 62.7 cm³/mol. The Labute approximate surface area is 102 Å². The van der Waals surface area contributed by atoms with Gasteiger partial charge in [-0.1, -0.05) is 0 Å². The van der Waals surface area contributed by atoms with E-state index >= 15 is 0 Å². The van der Waals surface area contributed by atoms with Crippen LogP contribution in [0.2, 0.25) is 0 Å². The minimum absolute atomic E-state index is 0.0601. The smallest absolute Gasteiger partial charge is 0.221 e. The van der Waals surface area contributed by atoms with Gasteiger partial charge in [0.1, 0.15) is 0 Å². The van der Waals surface area contributed by atoms with E-state index < -0.39 is 6.10 Å². The molecule has 17 heavy (non-hydrogen) atoms. The second-order valence-corrected chi connectivity index (χ2v) is 4.04. The van der Waals surface area contributed by atoms with Crippen molar-refractivity contribution in [3.63, 3.8) is 0 Å². The van der Waals surface area contributed by atoms with E-state index in [-0.39, 0.29) is 18.6 Å². The molecule has 1 saturated heterocycles. The third-order valence-electron chi connectivity index (χ3n) is 2.51. The van der Waals surface area contributed by atoms with E-state index in [4.69, 9.17) is 9.47 Å². The van der Waals surface area contributed by atoms with Crippen LogP contribution in [0.25, 0.3) is 0 Å². The van der Waals surface area contributed by atoms with Crippen LogP contribution in [0.15, 0.2) is 0 Å². The lowest BCUT2D eigenvalue weighted by Crippen LogP contribution is -2.38. The summed E-state index contributed by atoms with van der Waals surface area (Å²) in [4.78, 5) is 10.9. The van der Waals surface area contributed by atoms with Crippen LogP contribution < -0.4 is 10.6 Å². The van der Waals surface area contributed by atoms with Crippen molar-refractivity contribution in [2.45, 2.75) is 25.5 Å². The molecule has 0 spiro atoms. The van der Waals surface area contributed by atoms with Gasteiger partial charge in [0.15, 0.2) is 0 Å². The van der Waals surface area contributed by atoms with Crippen molar-refractivity contribution in [1.82, 2.24) is 10.6 Å². The molecule has 0 aromatic rings. The van der Waals surface area contributed by atoms with Gasteiger partial charge in [-0.3, -0.25) is 4.79 Å². The van der Waals surface area contributed by atoms with Crippen LogP contribution in [0.4, 0.5) is 0 Å². The molecule has 1 rings (SSSR count). The van der Waals surface area contributed by atoms with Gasteiger partial charge >= 0.3 is 0 Å². The first-order valence-corrected chi connectivity index (χ1v) is 6.06. The molecule has 0 bridgehead atoms. The summed E-state index contributed by atoms with van der Waals surface area (Å²) in [6, 6.07) is 0.126. The van der Waals surface area contributed by atoms with E-state index in [1.54, 1.807) is 0 Å². The fraction of sp³-hybridized carbons (Fsp3) is 0.909. The number of aliphatic hydroxyl groups excluding tert-OH is 1. The van der Waals surface area contributed by atoms with Crippen molar-refractivity contribution in [2.75, 3.05) is 39.5 Å². The quantitative estimate of drug-likeness (QED) is 0.449. The molecule has 1 fully saturated rings. The summed E-state index contributed by atoms with van der Waals surface area (Å²) in [5, 5.41) is 15.4. The maximum Gasteiger partial charge on any atom is 0.221 e. The third kappa shape index (κ3) is 6.58. The topological polar surface area (TPSA) is 79.8 Å². The summed E-state index contributed by atoms with van der Waals surface area (Å²) in [7, 11) is 0. The number of aliphatic hydroxyl groups is 1. The summed E-state index contributed by atoms with van der Waals surface area (Å²) < 4.78 is 10.3. The zero-order valence-corrected chi connectivity index (χ0v) is 10.3. The summed E-state index contributed by atoms with van der Waals surface area (Å²) >= 11 is 0. The largest absolute Gasteiger partial charge is 0.389 e. The van der Waals surface area contributed by atoms with Gasteiger partial charge in [0, 0.05) is 32.2 Å². The molecule has 1 aliphatic heterocycles. The van der Waals surface area contributed by atoms with Crippen LogP contribution >= 0.6 is 0 Å². The fourth-order valence-corrected chi connectivity index (χ4v) is 1.59. The highest BCUT2D eigenvalue weighted by molar-refractivity contribution is 5.78. The van der Waals surface area contributed by atoms with Crippen LogP contribution in [0, 0.1) is 0 Å². The highest BCUT2D eigenvalue weighted by atomic mass is 16.5. The van der Waals surface area contributed by atoms with Crippen molar-refractivity contribution in [1.29, 1.82) is 0 Å². The first-order valence-electron chi connectivity index (χ1n) is 6.06. The van der Waals surface area contributed by atoms with Crippen molar-refractivity contribution in [3.8, 4) is 0 Å². The van der Waals surface area contributed by atoms with Crippen LogP contribution in [-0.2, 0) is 14.3 Å². The van der Waals surface area contributed by atoms with Gasteiger partial charge in [-0.25, -0.2) is 0 Å². The normalized spacial score (nSPS) is 21.5. The van der Waals surface area contributed by atoms with Gasteiger partial charge < -0.3 is 25.2 Å². The van der Waals surface area contributed by atoms with Gasteiger partial charge in [-0.05, 0) is 6.92 Å². The summed E-state index contributed by atoms with van der Waals surface area (Å²) in [5.74, 6) is 0.0601. The molecule has 0 aromatic heterocycles. The average Bonchev–Trinajstić information content (AvgIpc) is 2.72. The predicted octanol–water partition coefficient (Wildman–Crippen LogP) is -1.12. The molecule has 6 heteroatoms. The Morgan fingerprint density at radius 1 is 1.53 bits per heavy atom. The zero-order chi connectivity index (χ0) is 12.5. The highest BCUT2D eigenvalue weighted by Gasteiger charge is 2.21. The van der Waals surface area contributed by atoms with Gasteiger partial charge in [-0.15, -0.1) is 0 Å². The maximum atomic E-state index is 10.9. The Hall–Kier alpha value is -0.690. The Morgan fingerprint density at radius 3 is 2.94 bits per heavy atom. The van der Waals surface area contributed by atoms with Crippen LogP contribution in [0.1, 0.15) is 13.3 Å². The number of rotatable bonds is 9. The molecular formula is C11H22N2O4. The molecule has 3 N–H and O–H groups in total. The molecule has 6 nitrogen and oxygen atoms in total. The van der Waals surface area contributed by atoms with E-state index in [1.165, 1.54) is 0 Å². The number of ether oxygens (including phenoxy) is 2. The Bertz CT molecular complexity index is 226. The number of carbonyl (C=O) groups is 1. The van der Waals surface area contributed by atoms with Crippen molar-refractivity contribution < 1.29 is 19.4 Å². The second-order valence-electron chi connectivity index (χ2n) is 4.04. The Balaban J connectivity index is 1.94. The van der Waals surface area contributed by atoms with E-state index in [2.05, 4.69) is 10.6 Å². The molecule has 0 aliphatic carbocycles. The lowest BCUT2D eigenvalue weighted by atomic mass is 10.2. The first kappa shape index (κ1) is 14.4. The number of carbonyl (C=O) groups excluding carboxylic acids is 1. The van der Waals surface area contributed by atoms with E-state index in [0.717, 1.165) is 0 Å². The van der Waals surface area contributed by atoms with Gasteiger partial charge in [0.05, 0.1) is 25.9 Å². The fourth-order valence-electron chi connectivity index (χ4n) is 1.59. The minimum Gasteiger partial charge on any atom is -0.389 e. The van der Waals surface area contributed by atoms with Gasteiger partial charge in [0.2, 0.25) is 5.91 Å². The molecule has 1 heterocycles. The number of hydrogen-bond acceptors (Lipinski definition) is 5. The Kier molecular flexibility index (Phi) is 7.11. The molecule has 0 aromatic carbocycles. The Morgan fingerprint density at radius 2 is 2.29 bits per heavy atom. The standard InChI is InChI=1S/C11H22N2O4/c1-2-16-3-4-17-8-10(14)7-12-9-5-11(15)13-6-9/h9-10,12,14H,2-8H2,1H3,(H,13,15). The lowest BCUT2D eigenvalue weighted by Gasteiger charge is -2.15. The first-order chi connectivity index (χ1) is 8.22. The second kappa shape index (κ2) is 8.41. The van der Waals surface area contributed by atoms with Crippen molar-refractivity contribution >= 4 is 5.91 Å². The monoisotopic (exact) mass is 246 g/mol. The van der Waals surface area contributed by atoms with E-state index in [1.807, 2.05) is 6.92 Å². The van der Waals surface area contributed by atoms with Gasteiger partial charge in [0.25, 0.3) is 0 Å². The summed E-state index contributed by atoms with van der Waals surface area (Å²) in [6.07, 6.45) is -0.0647. The average molecular weight is 246 g/mol. The summed E-state index contributed by atoms with van der Waals surface area (Å²) in [5.41, 5.74) is 0. The highest BCUT2D eigenvalue weighted by Crippen LogP contribution is 1.98.